The van der Waals surface area contributed by atoms with Gasteiger partial charge in [0.05, 0.1) is 20.8 Å². The van der Waals surface area contributed by atoms with E-state index in [1.54, 1.807) is 24.3 Å². The molecule has 0 unspecified atom stereocenters. The summed E-state index contributed by atoms with van der Waals surface area (Å²) in [5.74, 6) is 0.205. The number of rotatable bonds is 3. The SMILES string of the molecule is O=C(Cc1ccc(Cl)c(Cl)c1)c1occc1Br. The molecule has 2 aromatic rings. The van der Waals surface area contributed by atoms with Gasteiger partial charge in [-0.1, -0.05) is 29.3 Å². The summed E-state index contributed by atoms with van der Waals surface area (Å²) in [6.45, 7) is 0. The van der Waals surface area contributed by atoms with Crippen molar-refractivity contribution >= 4 is 44.9 Å². The molecule has 0 spiro atoms. The molecule has 1 aromatic heterocycles. The Morgan fingerprint density at radius 1 is 1.24 bits per heavy atom. The maximum Gasteiger partial charge on any atom is 0.203 e. The van der Waals surface area contributed by atoms with Crippen molar-refractivity contribution in [1.29, 1.82) is 0 Å². The first kappa shape index (κ1) is 12.7. The van der Waals surface area contributed by atoms with E-state index in [4.69, 9.17) is 27.6 Å². The molecule has 0 bridgehead atoms. The van der Waals surface area contributed by atoms with Crippen LogP contribution in [0.1, 0.15) is 16.1 Å². The fourth-order valence-corrected chi connectivity index (χ4v) is 2.15. The summed E-state index contributed by atoms with van der Waals surface area (Å²) < 4.78 is 5.75. The Hall–Kier alpha value is -0.770. The Morgan fingerprint density at radius 3 is 2.59 bits per heavy atom. The van der Waals surface area contributed by atoms with Gasteiger partial charge in [0.25, 0.3) is 0 Å². The standard InChI is InChI=1S/C12H7BrCl2O2/c13-8-3-4-17-12(8)11(16)6-7-1-2-9(14)10(15)5-7/h1-5H,6H2. The molecule has 2 rings (SSSR count). The normalized spacial score (nSPS) is 10.5. The Bertz CT molecular complexity index is 563. The number of hydrogen-bond acceptors (Lipinski definition) is 2. The maximum absolute atomic E-state index is 11.9. The largest absolute Gasteiger partial charge is 0.460 e. The highest BCUT2D eigenvalue weighted by molar-refractivity contribution is 9.10. The van der Waals surface area contributed by atoms with E-state index in [-0.39, 0.29) is 12.2 Å². The zero-order chi connectivity index (χ0) is 12.4. The van der Waals surface area contributed by atoms with E-state index in [1.807, 2.05) is 0 Å². The molecule has 88 valence electrons. The molecule has 0 saturated heterocycles. The fraction of sp³-hybridized carbons (Fsp3) is 0.0833. The molecule has 0 aliphatic rings. The van der Waals surface area contributed by atoms with Crippen molar-refractivity contribution in [2.24, 2.45) is 0 Å². The van der Waals surface area contributed by atoms with E-state index in [2.05, 4.69) is 15.9 Å². The van der Waals surface area contributed by atoms with Gasteiger partial charge in [0.1, 0.15) is 0 Å². The van der Waals surface area contributed by atoms with Crippen LogP contribution in [0.3, 0.4) is 0 Å². The van der Waals surface area contributed by atoms with Crippen molar-refractivity contribution in [3.05, 3.63) is 56.4 Å². The van der Waals surface area contributed by atoms with E-state index >= 15 is 0 Å². The van der Waals surface area contributed by atoms with Gasteiger partial charge in [0, 0.05) is 6.42 Å². The summed E-state index contributed by atoms with van der Waals surface area (Å²) in [6, 6.07) is 6.80. The summed E-state index contributed by atoms with van der Waals surface area (Å²) in [6.07, 6.45) is 1.69. The minimum Gasteiger partial charge on any atom is -0.460 e. The minimum absolute atomic E-state index is 0.111. The van der Waals surface area contributed by atoms with Crippen LogP contribution in [0.15, 0.2) is 39.4 Å². The van der Waals surface area contributed by atoms with Gasteiger partial charge in [0.2, 0.25) is 5.78 Å². The summed E-state index contributed by atoms with van der Waals surface area (Å²) in [7, 11) is 0. The second-order valence-corrected chi connectivity index (χ2v) is 5.11. The third-order valence-electron chi connectivity index (χ3n) is 2.22. The third kappa shape index (κ3) is 2.92. The molecule has 0 amide bonds. The molecule has 0 atom stereocenters. The molecule has 1 heterocycles. The topological polar surface area (TPSA) is 30.2 Å². The molecule has 1 aromatic carbocycles. The van der Waals surface area contributed by atoms with E-state index in [0.717, 1.165) is 5.56 Å². The predicted octanol–water partition coefficient (Wildman–Crippen LogP) is 4.77. The summed E-state index contributed by atoms with van der Waals surface area (Å²) in [5.41, 5.74) is 0.799. The summed E-state index contributed by atoms with van der Waals surface area (Å²) >= 11 is 14.9. The van der Waals surface area contributed by atoms with Crippen molar-refractivity contribution < 1.29 is 9.21 Å². The molecule has 17 heavy (non-hydrogen) atoms. The van der Waals surface area contributed by atoms with Crippen molar-refractivity contribution in [1.82, 2.24) is 0 Å². The Labute approximate surface area is 117 Å². The molecule has 0 aliphatic carbocycles. The number of benzene rings is 1. The van der Waals surface area contributed by atoms with Crippen LogP contribution < -0.4 is 0 Å². The van der Waals surface area contributed by atoms with Gasteiger partial charge in [-0.3, -0.25) is 4.79 Å². The predicted molar refractivity (Wildman–Crippen MR) is 70.9 cm³/mol. The average Bonchev–Trinajstić information content (AvgIpc) is 2.70. The number of halogens is 3. The van der Waals surface area contributed by atoms with Crippen molar-refractivity contribution in [3.8, 4) is 0 Å². The minimum atomic E-state index is -0.111. The van der Waals surface area contributed by atoms with E-state index in [1.165, 1.54) is 6.26 Å². The van der Waals surface area contributed by atoms with E-state index in [0.29, 0.717) is 20.3 Å². The molecule has 0 N–H and O–H groups in total. The summed E-state index contributed by atoms with van der Waals surface area (Å²) in [4.78, 5) is 11.9. The van der Waals surface area contributed by atoms with E-state index < -0.39 is 0 Å². The molecule has 2 nitrogen and oxygen atoms in total. The Kier molecular flexibility index (Phi) is 3.92. The Balaban J connectivity index is 2.19. The van der Waals surface area contributed by atoms with E-state index in [9.17, 15) is 4.79 Å². The quantitative estimate of drug-likeness (QED) is 0.757. The van der Waals surface area contributed by atoms with Crippen LogP contribution in [0.4, 0.5) is 0 Å². The lowest BCUT2D eigenvalue weighted by molar-refractivity contribution is 0.0965. The first-order chi connectivity index (χ1) is 8.08. The van der Waals surface area contributed by atoms with Gasteiger partial charge < -0.3 is 4.42 Å². The highest BCUT2D eigenvalue weighted by Crippen LogP contribution is 2.24. The van der Waals surface area contributed by atoms with Crippen LogP contribution in [0.25, 0.3) is 0 Å². The highest BCUT2D eigenvalue weighted by atomic mass is 79.9. The average molecular weight is 334 g/mol. The third-order valence-corrected chi connectivity index (χ3v) is 3.58. The number of hydrogen-bond donors (Lipinski definition) is 0. The number of Topliss-reactive ketones (excluding diaryl/α,β-unsaturated/α-hetero) is 1. The lowest BCUT2D eigenvalue weighted by atomic mass is 10.1. The summed E-state index contributed by atoms with van der Waals surface area (Å²) in [5, 5.41) is 0.914. The second-order valence-electron chi connectivity index (χ2n) is 3.45. The first-order valence-electron chi connectivity index (χ1n) is 4.78. The number of furan rings is 1. The van der Waals surface area contributed by atoms with Crippen molar-refractivity contribution in [2.75, 3.05) is 0 Å². The van der Waals surface area contributed by atoms with Crippen molar-refractivity contribution in [2.45, 2.75) is 6.42 Å². The molecular weight excluding hydrogens is 327 g/mol. The van der Waals surface area contributed by atoms with Crippen LogP contribution in [0, 0.1) is 0 Å². The zero-order valence-corrected chi connectivity index (χ0v) is 11.6. The number of carbonyl (C=O) groups excluding carboxylic acids is 1. The number of ketones is 1. The van der Waals surface area contributed by atoms with Crippen molar-refractivity contribution in [3.63, 3.8) is 0 Å². The van der Waals surface area contributed by atoms with Crippen LogP contribution in [-0.2, 0) is 6.42 Å². The lowest BCUT2D eigenvalue weighted by Gasteiger charge is -2.01. The lowest BCUT2D eigenvalue weighted by Crippen LogP contribution is -2.02. The van der Waals surface area contributed by atoms with Gasteiger partial charge in [-0.2, -0.15) is 0 Å². The molecule has 0 aliphatic heterocycles. The van der Waals surface area contributed by atoms with Crippen LogP contribution in [0.2, 0.25) is 10.0 Å². The first-order valence-corrected chi connectivity index (χ1v) is 6.33. The van der Waals surface area contributed by atoms with Crippen LogP contribution in [-0.4, -0.2) is 5.78 Å². The fourth-order valence-electron chi connectivity index (χ4n) is 1.41. The monoisotopic (exact) mass is 332 g/mol. The van der Waals surface area contributed by atoms with Gasteiger partial charge in [0.15, 0.2) is 5.76 Å². The van der Waals surface area contributed by atoms with Crippen LogP contribution >= 0.6 is 39.1 Å². The van der Waals surface area contributed by atoms with Gasteiger partial charge in [-0.25, -0.2) is 0 Å². The second kappa shape index (κ2) is 5.25. The van der Waals surface area contributed by atoms with Gasteiger partial charge in [-0.15, -0.1) is 0 Å². The molecule has 0 saturated carbocycles. The smallest absolute Gasteiger partial charge is 0.203 e. The molecular formula is C12H7BrCl2O2. The van der Waals surface area contributed by atoms with Gasteiger partial charge in [-0.05, 0) is 39.7 Å². The Morgan fingerprint density at radius 2 is 2.00 bits per heavy atom. The molecule has 0 fully saturated rings. The van der Waals surface area contributed by atoms with Crippen LogP contribution in [0.5, 0.6) is 0 Å². The maximum atomic E-state index is 11.9. The number of carbonyl (C=O) groups is 1. The van der Waals surface area contributed by atoms with Gasteiger partial charge >= 0.3 is 0 Å². The molecule has 5 heteroatoms. The zero-order valence-electron chi connectivity index (χ0n) is 8.54. The molecule has 0 radical (unpaired) electrons. The highest BCUT2D eigenvalue weighted by Gasteiger charge is 2.14.